The highest BCUT2D eigenvalue weighted by atomic mass is 32.1. The highest BCUT2D eigenvalue weighted by Gasteiger charge is 2.04. The van der Waals surface area contributed by atoms with Crippen LogP contribution in [-0.2, 0) is 4.79 Å². The van der Waals surface area contributed by atoms with Crippen LogP contribution in [0.4, 0.5) is 5.13 Å². The fourth-order valence-corrected chi connectivity index (χ4v) is 2.20. The predicted octanol–water partition coefficient (Wildman–Crippen LogP) is 3.20. The Kier molecular flexibility index (Phi) is 3.01. The molecule has 2 rings (SSSR count). The van der Waals surface area contributed by atoms with Gasteiger partial charge in [0.2, 0.25) is 5.91 Å². The number of aromatic nitrogens is 1. The van der Waals surface area contributed by atoms with Crippen molar-refractivity contribution in [2.45, 2.75) is 13.8 Å². The number of benzene rings is 1. The predicted molar refractivity (Wildman–Crippen MR) is 67.7 cm³/mol. The van der Waals surface area contributed by atoms with Gasteiger partial charge in [-0.05, 0) is 26.0 Å². The molecule has 0 fully saturated rings. The number of para-hydroxylation sites is 1. The van der Waals surface area contributed by atoms with E-state index in [2.05, 4.69) is 10.3 Å². The maximum absolute atomic E-state index is 11.5. The highest BCUT2D eigenvalue weighted by Crippen LogP contribution is 2.25. The number of allylic oxidation sites excluding steroid dienone is 1. The van der Waals surface area contributed by atoms with Crippen molar-refractivity contribution in [1.82, 2.24) is 4.98 Å². The summed E-state index contributed by atoms with van der Waals surface area (Å²) in [6.07, 6.45) is 1.56. The Morgan fingerprint density at radius 2 is 2.12 bits per heavy atom. The van der Waals surface area contributed by atoms with Crippen molar-refractivity contribution in [3.05, 3.63) is 35.9 Å². The van der Waals surface area contributed by atoms with Crippen molar-refractivity contribution in [1.29, 1.82) is 0 Å². The van der Waals surface area contributed by atoms with E-state index in [1.807, 2.05) is 38.1 Å². The first-order valence-electron chi connectivity index (χ1n) is 4.96. The number of hydrogen-bond acceptors (Lipinski definition) is 3. The summed E-state index contributed by atoms with van der Waals surface area (Å²) < 4.78 is 1.08. The van der Waals surface area contributed by atoms with Crippen LogP contribution < -0.4 is 5.32 Å². The Labute approximate surface area is 97.8 Å². The molecule has 0 spiro atoms. The van der Waals surface area contributed by atoms with E-state index in [1.165, 1.54) is 11.3 Å². The SMILES string of the molecule is CC(C)=CC(=O)Nc1nc2ccccc2s1. The van der Waals surface area contributed by atoms with Crippen LogP contribution in [0.1, 0.15) is 13.8 Å². The third kappa shape index (κ3) is 2.46. The molecular weight excluding hydrogens is 220 g/mol. The molecule has 0 radical (unpaired) electrons. The zero-order valence-corrected chi connectivity index (χ0v) is 9.97. The molecule has 1 heterocycles. The van der Waals surface area contributed by atoms with Gasteiger partial charge < -0.3 is 0 Å². The topological polar surface area (TPSA) is 42.0 Å². The Morgan fingerprint density at radius 1 is 1.38 bits per heavy atom. The van der Waals surface area contributed by atoms with Gasteiger partial charge in [-0.1, -0.05) is 29.0 Å². The normalized spacial score (nSPS) is 10.1. The maximum atomic E-state index is 11.5. The number of carbonyl (C=O) groups excluding carboxylic acids is 1. The van der Waals surface area contributed by atoms with E-state index >= 15 is 0 Å². The van der Waals surface area contributed by atoms with Gasteiger partial charge >= 0.3 is 0 Å². The summed E-state index contributed by atoms with van der Waals surface area (Å²) in [5.74, 6) is -0.126. The van der Waals surface area contributed by atoms with Crippen LogP contribution in [0, 0.1) is 0 Å². The lowest BCUT2D eigenvalue weighted by atomic mass is 10.3. The molecule has 0 aliphatic heterocycles. The molecule has 1 aromatic carbocycles. The molecule has 1 amide bonds. The van der Waals surface area contributed by atoms with Crippen LogP contribution in [0.2, 0.25) is 0 Å². The lowest BCUT2D eigenvalue weighted by Crippen LogP contribution is -2.07. The molecule has 0 aliphatic rings. The molecule has 0 unspecified atom stereocenters. The summed E-state index contributed by atoms with van der Waals surface area (Å²) in [5, 5.41) is 3.40. The molecule has 3 nitrogen and oxygen atoms in total. The van der Waals surface area contributed by atoms with Crippen molar-refractivity contribution in [3.63, 3.8) is 0 Å². The fraction of sp³-hybridized carbons (Fsp3) is 0.167. The average molecular weight is 232 g/mol. The second kappa shape index (κ2) is 4.45. The minimum Gasteiger partial charge on any atom is -0.298 e. The number of fused-ring (bicyclic) bond motifs is 1. The van der Waals surface area contributed by atoms with E-state index in [0.29, 0.717) is 5.13 Å². The first kappa shape index (κ1) is 10.8. The van der Waals surface area contributed by atoms with Gasteiger partial charge in [0.25, 0.3) is 0 Å². The molecule has 0 aliphatic carbocycles. The molecular formula is C12H12N2OS. The average Bonchev–Trinajstić information content (AvgIpc) is 2.57. The minimum absolute atomic E-state index is 0.126. The molecule has 16 heavy (non-hydrogen) atoms. The highest BCUT2D eigenvalue weighted by molar-refractivity contribution is 7.22. The fourth-order valence-electron chi connectivity index (χ4n) is 1.33. The van der Waals surface area contributed by atoms with Crippen LogP contribution in [0.15, 0.2) is 35.9 Å². The van der Waals surface area contributed by atoms with E-state index in [4.69, 9.17) is 0 Å². The molecule has 4 heteroatoms. The van der Waals surface area contributed by atoms with E-state index in [9.17, 15) is 4.79 Å². The molecule has 82 valence electrons. The van der Waals surface area contributed by atoms with Crippen molar-refractivity contribution >= 4 is 32.6 Å². The van der Waals surface area contributed by atoms with E-state index in [0.717, 1.165) is 15.8 Å². The van der Waals surface area contributed by atoms with E-state index < -0.39 is 0 Å². The molecule has 0 bridgehead atoms. The van der Waals surface area contributed by atoms with Crippen LogP contribution in [0.25, 0.3) is 10.2 Å². The van der Waals surface area contributed by atoms with Crippen molar-refractivity contribution < 1.29 is 4.79 Å². The number of anilines is 1. The maximum Gasteiger partial charge on any atom is 0.250 e. The molecule has 0 saturated heterocycles. The van der Waals surface area contributed by atoms with Gasteiger partial charge in [-0.15, -0.1) is 0 Å². The minimum atomic E-state index is -0.126. The van der Waals surface area contributed by atoms with Gasteiger partial charge in [-0.25, -0.2) is 4.98 Å². The number of thiazole rings is 1. The quantitative estimate of drug-likeness (QED) is 0.808. The zero-order valence-electron chi connectivity index (χ0n) is 9.15. The molecule has 2 aromatic rings. The number of carbonyl (C=O) groups is 1. The van der Waals surface area contributed by atoms with Gasteiger partial charge in [0.15, 0.2) is 5.13 Å². The Balaban J connectivity index is 2.22. The van der Waals surface area contributed by atoms with Crippen molar-refractivity contribution in [2.75, 3.05) is 5.32 Å². The summed E-state index contributed by atoms with van der Waals surface area (Å²) in [6.45, 7) is 3.77. The van der Waals surface area contributed by atoms with Gasteiger partial charge in [-0.3, -0.25) is 10.1 Å². The Morgan fingerprint density at radius 3 is 2.81 bits per heavy atom. The lowest BCUT2D eigenvalue weighted by Gasteiger charge is -1.95. The first-order valence-corrected chi connectivity index (χ1v) is 5.78. The summed E-state index contributed by atoms with van der Waals surface area (Å²) in [7, 11) is 0. The van der Waals surface area contributed by atoms with Gasteiger partial charge in [-0.2, -0.15) is 0 Å². The number of nitrogens with zero attached hydrogens (tertiary/aromatic N) is 1. The van der Waals surface area contributed by atoms with Gasteiger partial charge in [0, 0.05) is 6.08 Å². The summed E-state index contributed by atoms with van der Waals surface area (Å²) >= 11 is 1.48. The smallest absolute Gasteiger partial charge is 0.250 e. The third-order valence-corrected chi connectivity index (χ3v) is 2.90. The summed E-state index contributed by atoms with van der Waals surface area (Å²) in [5.41, 5.74) is 1.89. The van der Waals surface area contributed by atoms with E-state index in [1.54, 1.807) is 6.08 Å². The van der Waals surface area contributed by atoms with Crippen LogP contribution >= 0.6 is 11.3 Å². The molecule has 0 atom stereocenters. The summed E-state index contributed by atoms with van der Waals surface area (Å²) in [6, 6.07) is 7.82. The number of amides is 1. The second-order valence-electron chi connectivity index (χ2n) is 3.70. The third-order valence-electron chi connectivity index (χ3n) is 1.94. The van der Waals surface area contributed by atoms with Crippen molar-refractivity contribution in [3.8, 4) is 0 Å². The molecule has 0 saturated carbocycles. The Hall–Kier alpha value is -1.68. The number of nitrogens with one attached hydrogen (secondary N) is 1. The summed E-state index contributed by atoms with van der Waals surface area (Å²) in [4.78, 5) is 15.8. The van der Waals surface area contributed by atoms with Crippen LogP contribution in [0.5, 0.6) is 0 Å². The molecule has 1 N–H and O–H groups in total. The van der Waals surface area contributed by atoms with E-state index in [-0.39, 0.29) is 5.91 Å². The standard InChI is InChI=1S/C12H12N2OS/c1-8(2)7-11(15)14-12-13-9-5-3-4-6-10(9)16-12/h3-7H,1-2H3,(H,13,14,15). The van der Waals surface area contributed by atoms with Crippen LogP contribution in [-0.4, -0.2) is 10.9 Å². The number of hydrogen-bond donors (Lipinski definition) is 1. The first-order chi connectivity index (χ1) is 7.65. The van der Waals surface area contributed by atoms with Gasteiger partial charge in [0.05, 0.1) is 10.2 Å². The Bertz CT molecular complexity index is 520. The van der Waals surface area contributed by atoms with Crippen molar-refractivity contribution in [2.24, 2.45) is 0 Å². The molecule has 1 aromatic heterocycles. The number of rotatable bonds is 2. The zero-order chi connectivity index (χ0) is 11.5. The second-order valence-corrected chi connectivity index (χ2v) is 4.73. The lowest BCUT2D eigenvalue weighted by molar-refractivity contribution is -0.111. The van der Waals surface area contributed by atoms with Crippen LogP contribution in [0.3, 0.4) is 0 Å². The largest absolute Gasteiger partial charge is 0.298 e. The monoisotopic (exact) mass is 232 g/mol. The van der Waals surface area contributed by atoms with Gasteiger partial charge in [0.1, 0.15) is 0 Å².